The monoisotopic (exact) mass is 274 g/mol. The third-order valence-corrected chi connectivity index (χ3v) is 4.16. The Kier molecular flexibility index (Phi) is 5.43. The van der Waals surface area contributed by atoms with Gasteiger partial charge in [-0.15, -0.1) is 23.7 Å². The Hall–Kier alpha value is -0.580. The van der Waals surface area contributed by atoms with Gasteiger partial charge in [0.15, 0.2) is 0 Å². The molecule has 0 bridgehead atoms. The molecule has 1 amide bonds. The maximum Gasteiger partial charge on any atom is 0.227 e. The summed E-state index contributed by atoms with van der Waals surface area (Å²) in [4.78, 5) is 15.4. The minimum absolute atomic E-state index is 0. The maximum absolute atomic E-state index is 12.1. The van der Waals surface area contributed by atoms with Crippen molar-refractivity contribution in [3.63, 3.8) is 0 Å². The molecule has 0 saturated carbocycles. The highest BCUT2D eigenvalue weighted by Gasteiger charge is 2.32. The largest absolute Gasteiger partial charge is 0.335 e. The highest BCUT2D eigenvalue weighted by molar-refractivity contribution is 7.10. The van der Waals surface area contributed by atoms with Crippen LogP contribution in [-0.2, 0) is 4.79 Å². The van der Waals surface area contributed by atoms with E-state index in [9.17, 15) is 4.79 Å². The minimum Gasteiger partial charge on any atom is -0.335 e. The lowest BCUT2D eigenvalue weighted by molar-refractivity contribution is -0.135. The lowest BCUT2D eigenvalue weighted by Gasteiger charge is -2.26. The molecule has 0 radical (unpaired) electrons. The van der Waals surface area contributed by atoms with E-state index in [4.69, 9.17) is 5.73 Å². The number of amides is 1. The van der Waals surface area contributed by atoms with E-state index in [0.29, 0.717) is 12.6 Å². The summed E-state index contributed by atoms with van der Waals surface area (Å²) in [6.45, 7) is 3.23. The zero-order chi connectivity index (χ0) is 11.5. The van der Waals surface area contributed by atoms with Gasteiger partial charge in [0.1, 0.15) is 0 Å². The van der Waals surface area contributed by atoms with E-state index in [-0.39, 0.29) is 24.2 Å². The number of halogens is 1. The molecule has 5 heteroatoms. The molecule has 1 fully saturated rings. The van der Waals surface area contributed by atoms with Crippen LogP contribution in [0.15, 0.2) is 17.5 Å². The van der Waals surface area contributed by atoms with Crippen LogP contribution in [0, 0.1) is 5.92 Å². The second-order valence-corrected chi connectivity index (χ2v) is 5.32. The summed E-state index contributed by atoms with van der Waals surface area (Å²) in [5.74, 6) is 0.152. The summed E-state index contributed by atoms with van der Waals surface area (Å²) in [5, 5.41) is 2.07. The van der Waals surface area contributed by atoms with Crippen molar-refractivity contribution < 1.29 is 4.79 Å². The fraction of sp³-hybridized carbons (Fsp3) is 0.583. The second kappa shape index (κ2) is 6.38. The summed E-state index contributed by atoms with van der Waals surface area (Å²) in [7, 11) is 0. The number of nitrogens with two attached hydrogens (primary N) is 1. The Labute approximate surface area is 112 Å². The molecule has 1 aromatic heterocycles. The summed E-state index contributed by atoms with van der Waals surface area (Å²) in [6, 6.07) is 4.46. The van der Waals surface area contributed by atoms with Crippen LogP contribution in [0.5, 0.6) is 0 Å². The molecule has 2 unspecified atom stereocenters. The molecule has 2 rings (SSSR count). The van der Waals surface area contributed by atoms with E-state index in [1.807, 2.05) is 17.9 Å². The molecule has 1 aliphatic heterocycles. The van der Waals surface area contributed by atoms with E-state index in [2.05, 4.69) is 11.4 Å². The van der Waals surface area contributed by atoms with E-state index >= 15 is 0 Å². The number of thiophene rings is 1. The quantitative estimate of drug-likeness (QED) is 0.920. The summed E-state index contributed by atoms with van der Waals surface area (Å²) < 4.78 is 0. The van der Waals surface area contributed by atoms with Crippen LogP contribution in [0.1, 0.15) is 30.7 Å². The summed E-state index contributed by atoms with van der Waals surface area (Å²) in [5.41, 5.74) is 5.56. The van der Waals surface area contributed by atoms with Crippen molar-refractivity contribution in [3.05, 3.63) is 22.4 Å². The molecule has 3 nitrogen and oxygen atoms in total. The lowest BCUT2D eigenvalue weighted by atomic mass is 10.1. The fourth-order valence-electron chi connectivity index (χ4n) is 2.19. The SMILES string of the molecule is CC(CN)C(=O)N1CCCC1c1cccs1.Cl. The van der Waals surface area contributed by atoms with Crippen molar-refractivity contribution in [3.8, 4) is 0 Å². The van der Waals surface area contributed by atoms with Crippen LogP contribution in [-0.4, -0.2) is 23.9 Å². The van der Waals surface area contributed by atoms with Crippen molar-refractivity contribution in [2.75, 3.05) is 13.1 Å². The third-order valence-electron chi connectivity index (χ3n) is 3.18. The Morgan fingerprint density at radius 3 is 3.06 bits per heavy atom. The lowest BCUT2D eigenvalue weighted by Crippen LogP contribution is -2.37. The van der Waals surface area contributed by atoms with Gasteiger partial charge in [-0.2, -0.15) is 0 Å². The van der Waals surface area contributed by atoms with Crippen LogP contribution in [0.25, 0.3) is 0 Å². The van der Waals surface area contributed by atoms with Gasteiger partial charge in [-0.05, 0) is 24.3 Å². The van der Waals surface area contributed by atoms with Crippen LogP contribution in [0.4, 0.5) is 0 Å². The van der Waals surface area contributed by atoms with Crippen molar-refractivity contribution in [1.82, 2.24) is 4.90 Å². The molecule has 96 valence electrons. The Morgan fingerprint density at radius 1 is 1.71 bits per heavy atom. The molecule has 2 atom stereocenters. The topological polar surface area (TPSA) is 46.3 Å². The van der Waals surface area contributed by atoms with Gasteiger partial charge in [0.2, 0.25) is 5.91 Å². The van der Waals surface area contributed by atoms with Gasteiger partial charge in [0.05, 0.1) is 6.04 Å². The molecule has 17 heavy (non-hydrogen) atoms. The highest BCUT2D eigenvalue weighted by Crippen LogP contribution is 2.35. The van der Waals surface area contributed by atoms with Crippen LogP contribution in [0.2, 0.25) is 0 Å². The molecule has 0 aliphatic carbocycles. The fourth-order valence-corrected chi connectivity index (χ4v) is 3.06. The molecule has 1 aromatic rings. The van der Waals surface area contributed by atoms with Crippen LogP contribution >= 0.6 is 23.7 Å². The van der Waals surface area contributed by atoms with E-state index < -0.39 is 0 Å². The zero-order valence-corrected chi connectivity index (χ0v) is 11.6. The van der Waals surface area contributed by atoms with Gasteiger partial charge >= 0.3 is 0 Å². The van der Waals surface area contributed by atoms with Crippen LogP contribution < -0.4 is 5.73 Å². The standard InChI is InChI=1S/C12H18N2OS.ClH/c1-9(8-13)12(15)14-6-2-4-10(14)11-5-3-7-16-11;/h3,5,7,9-10H,2,4,6,8,13H2,1H3;1H. The normalized spacial score (nSPS) is 21.1. The van der Waals surface area contributed by atoms with Gasteiger partial charge in [-0.3, -0.25) is 4.79 Å². The number of carbonyl (C=O) groups excluding carboxylic acids is 1. The molecule has 2 heterocycles. The molecular formula is C12H19ClN2OS. The van der Waals surface area contributed by atoms with Crippen molar-refractivity contribution in [2.24, 2.45) is 11.7 Å². The molecule has 1 aliphatic rings. The first kappa shape index (κ1) is 14.5. The molecule has 2 N–H and O–H groups in total. The third kappa shape index (κ3) is 3.00. The second-order valence-electron chi connectivity index (χ2n) is 4.34. The van der Waals surface area contributed by atoms with Gasteiger partial charge in [0, 0.05) is 23.9 Å². The predicted octanol–water partition coefficient (Wildman–Crippen LogP) is 2.43. The first-order valence-corrected chi connectivity index (χ1v) is 6.66. The van der Waals surface area contributed by atoms with E-state index in [0.717, 1.165) is 19.4 Å². The summed E-state index contributed by atoms with van der Waals surface area (Å²) >= 11 is 1.74. The van der Waals surface area contributed by atoms with Gasteiger partial charge in [0.25, 0.3) is 0 Å². The number of nitrogens with zero attached hydrogens (tertiary/aromatic N) is 1. The number of likely N-dealkylation sites (tertiary alicyclic amines) is 1. The van der Waals surface area contributed by atoms with E-state index in [1.54, 1.807) is 11.3 Å². The van der Waals surface area contributed by atoms with Gasteiger partial charge < -0.3 is 10.6 Å². The first-order valence-electron chi connectivity index (χ1n) is 5.78. The summed E-state index contributed by atoms with van der Waals surface area (Å²) in [6.07, 6.45) is 2.19. The molecule has 1 saturated heterocycles. The number of rotatable bonds is 3. The highest BCUT2D eigenvalue weighted by atomic mass is 35.5. The van der Waals surface area contributed by atoms with Crippen molar-refractivity contribution in [1.29, 1.82) is 0 Å². The average Bonchev–Trinajstić information content (AvgIpc) is 2.95. The molecule has 0 spiro atoms. The number of hydrogen-bond acceptors (Lipinski definition) is 3. The smallest absolute Gasteiger partial charge is 0.227 e. The zero-order valence-electron chi connectivity index (χ0n) is 9.96. The van der Waals surface area contributed by atoms with Crippen molar-refractivity contribution in [2.45, 2.75) is 25.8 Å². The maximum atomic E-state index is 12.1. The Bertz CT molecular complexity index is 355. The Balaban J connectivity index is 0.00000144. The minimum atomic E-state index is -0.0550. The first-order chi connectivity index (χ1) is 7.74. The molecular weight excluding hydrogens is 256 g/mol. The van der Waals surface area contributed by atoms with Crippen LogP contribution in [0.3, 0.4) is 0 Å². The van der Waals surface area contributed by atoms with Crippen molar-refractivity contribution >= 4 is 29.7 Å². The number of carbonyl (C=O) groups is 1. The van der Waals surface area contributed by atoms with E-state index in [1.165, 1.54) is 4.88 Å². The van der Waals surface area contributed by atoms with Gasteiger partial charge in [-0.25, -0.2) is 0 Å². The van der Waals surface area contributed by atoms with Gasteiger partial charge in [-0.1, -0.05) is 13.0 Å². The Morgan fingerprint density at radius 2 is 2.47 bits per heavy atom. The average molecular weight is 275 g/mol. The number of hydrogen-bond donors (Lipinski definition) is 1. The predicted molar refractivity (Wildman–Crippen MR) is 73.5 cm³/mol. The molecule has 0 aromatic carbocycles.